The Morgan fingerprint density at radius 2 is 1.82 bits per heavy atom. The Bertz CT molecular complexity index is 1210. The monoisotopic (exact) mass is 474 g/mol. The summed E-state index contributed by atoms with van der Waals surface area (Å²) in [6, 6.07) is 7.86. The first-order chi connectivity index (χ1) is 16.2. The molecule has 4 aliphatic rings. The Kier molecular flexibility index (Phi) is 4.37. The molecule has 1 saturated carbocycles. The topological polar surface area (TPSA) is 77.1 Å². The van der Waals surface area contributed by atoms with Crippen molar-refractivity contribution in [3.05, 3.63) is 53.3 Å². The number of nitrogens with one attached hydrogen (secondary N) is 1. The van der Waals surface area contributed by atoms with Crippen LogP contribution in [0.4, 0.5) is 13.2 Å². The number of alkyl halides is 2. The molecule has 2 amide bonds. The number of carbonyl (C=O) groups excluding carboxylic acids is 2. The van der Waals surface area contributed by atoms with Gasteiger partial charge in [0.2, 0.25) is 18.6 Å². The summed E-state index contributed by atoms with van der Waals surface area (Å²) >= 11 is 0. The third-order valence-corrected chi connectivity index (χ3v) is 7.07. The highest BCUT2D eigenvalue weighted by Crippen LogP contribution is 2.62. The summed E-state index contributed by atoms with van der Waals surface area (Å²) in [6.45, 7) is 2.03. The molecule has 34 heavy (non-hydrogen) atoms. The molecule has 3 unspecified atom stereocenters. The summed E-state index contributed by atoms with van der Waals surface area (Å²) in [7, 11) is 0. The van der Waals surface area contributed by atoms with Crippen molar-refractivity contribution in [1.29, 1.82) is 0 Å². The van der Waals surface area contributed by atoms with Gasteiger partial charge in [-0.05, 0) is 23.8 Å². The molecule has 7 nitrogen and oxygen atoms in total. The van der Waals surface area contributed by atoms with E-state index in [-0.39, 0.29) is 38.0 Å². The largest absolute Gasteiger partial charge is 0.483 e. The van der Waals surface area contributed by atoms with Gasteiger partial charge < -0.3 is 24.4 Å². The molecule has 1 N–H and O–H groups in total. The number of halogens is 3. The number of hydrogen-bond donors (Lipinski definition) is 1. The second kappa shape index (κ2) is 7.04. The first kappa shape index (κ1) is 21.1. The molecule has 1 aliphatic carbocycles. The quantitative estimate of drug-likeness (QED) is 0.740. The molecule has 3 heterocycles. The highest BCUT2D eigenvalue weighted by molar-refractivity contribution is 5.86. The van der Waals surface area contributed by atoms with Gasteiger partial charge in [0.25, 0.3) is 5.92 Å². The molecule has 178 valence electrons. The molecule has 2 aromatic rings. The average Bonchev–Trinajstić information content (AvgIpc) is 3.09. The Hall–Kier alpha value is -3.43. The summed E-state index contributed by atoms with van der Waals surface area (Å²) in [6.07, 6.45) is 0.286. The van der Waals surface area contributed by atoms with Gasteiger partial charge >= 0.3 is 0 Å². The van der Waals surface area contributed by atoms with E-state index < -0.39 is 41.1 Å². The van der Waals surface area contributed by atoms with E-state index in [0.717, 1.165) is 0 Å². The van der Waals surface area contributed by atoms with Crippen LogP contribution in [0.2, 0.25) is 0 Å². The third kappa shape index (κ3) is 3.19. The minimum atomic E-state index is -3.21. The van der Waals surface area contributed by atoms with E-state index in [9.17, 15) is 22.8 Å². The van der Waals surface area contributed by atoms with Crippen LogP contribution in [0.15, 0.2) is 36.4 Å². The first-order valence-corrected chi connectivity index (χ1v) is 11.0. The molecule has 10 heteroatoms. The van der Waals surface area contributed by atoms with Crippen LogP contribution in [0, 0.1) is 11.7 Å². The number of likely N-dealkylation sites (tertiary alicyclic amines) is 1. The van der Waals surface area contributed by atoms with E-state index in [4.69, 9.17) is 14.2 Å². The Labute approximate surface area is 192 Å². The molecule has 3 aliphatic heterocycles. The van der Waals surface area contributed by atoms with E-state index in [1.54, 1.807) is 11.0 Å². The number of amides is 2. The second-order valence-electron chi connectivity index (χ2n) is 9.35. The molecule has 2 fully saturated rings. The molecule has 6 rings (SSSR count). The standard InChI is InChI=1S/C24H21F3N2O5/c1-12(30)29-9-23(10-29)8-16(15-4-3-14(25)7-18(15)34-23)28-22(31)21-20(24(21,26)27)13-2-5-17-19(6-13)33-11-32-17/h2-7,16,20-21H,8-11H2,1H3,(H,28,31). The maximum absolute atomic E-state index is 14.8. The minimum absolute atomic E-state index is 0.0241. The molecule has 1 spiro atoms. The van der Waals surface area contributed by atoms with Gasteiger partial charge in [-0.3, -0.25) is 9.59 Å². The number of carbonyl (C=O) groups is 2. The molecule has 2 aromatic carbocycles. The number of nitrogens with zero attached hydrogens (tertiary/aromatic N) is 1. The van der Waals surface area contributed by atoms with E-state index in [1.807, 2.05) is 0 Å². The smallest absolute Gasteiger partial charge is 0.268 e. The predicted molar refractivity (Wildman–Crippen MR) is 111 cm³/mol. The number of ether oxygens (including phenoxy) is 3. The average molecular weight is 474 g/mol. The van der Waals surface area contributed by atoms with Crippen LogP contribution < -0.4 is 19.5 Å². The van der Waals surface area contributed by atoms with Crippen LogP contribution in [0.3, 0.4) is 0 Å². The summed E-state index contributed by atoms with van der Waals surface area (Å²) < 4.78 is 60.0. The SMILES string of the molecule is CC(=O)N1CC2(CC(NC(=O)C3C(c4ccc5c(c4)OCO5)C3(F)F)c3ccc(F)cc3O2)C1. The zero-order chi connectivity index (χ0) is 23.8. The molecular formula is C24H21F3N2O5. The lowest BCUT2D eigenvalue weighted by Crippen LogP contribution is -2.68. The van der Waals surface area contributed by atoms with Crippen molar-refractivity contribution in [2.45, 2.75) is 36.8 Å². The van der Waals surface area contributed by atoms with Crippen LogP contribution in [0.1, 0.15) is 36.4 Å². The van der Waals surface area contributed by atoms with Gasteiger partial charge in [-0.15, -0.1) is 0 Å². The van der Waals surface area contributed by atoms with Gasteiger partial charge in [0.05, 0.1) is 25.0 Å². The highest BCUT2D eigenvalue weighted by atomic mass is 19.3. The van der Waals surface area contributed by atoms with Gasteiger partial charge in [-0.25, -0.2) is 13.2 Å². The molecule has 0 aromatic heterocycles. The van der Waals surface area contributed by atoms with Gasteiger partial charge in [0.1, 0.15) is 23.1 Å². The summed E-state index contributed by atoms with van der Waals surface area (Å²) in [5.74, 6) is -6.35. The zero-order valence-electron chi connectivity index (χ0n) is 18.1. The van der Waals surface area contributed by atoms with Crippen molar-refractivity contribution < 1.29 is 37.0 Å². The van der Waals surface area contributed by atoms with Gasteiger partial charge in [-0.1, -0.05) is 12.1 Å². The van der Waals surface area contributed by atoms with Crippen molar-refractivity contribution in [3.8, 4) is 17.2 Å². The van der Waals surface area contributed by atoms with E-state index >= 15 is 0 Å². The summed E-state index contributed by atoms with van der Waals surface area (Å²) in [5.41, 5.74) is 0.0226. The fourth-order valence-corrected chi connectivity index (χ4v) is 5.27. The number of benzene rings is 2. The maximum Gasteiger partial charge on any atom is 0.268 e. The van der Waals surface area contributed by atoms with Crippen LogP contribution in [0.5, 0.6) is 17.2 Å². The van der Waals surface area contributed by atoms with Crippen LogP contribution >= 0.6 is 0 Å². The third-order valence-electron chi connectivity index (χ3n) is 7.07. The molecule has 0 radical (unpaired) electrons. The molecule has 0 bridgehead atoms. The van der Waals surface area contributed by atoms with Crippen molar-refractivity contribution >= 4 is 11.8 Å². The van der Waals surface area contributed by atoms with Gasteiger partial charge in [-0.2, -0.15) is 0 Å². The minimum Gasteiger partial charge on any atom is -0.483 e. The number of rotatable bonds is 3. The van der Waals surface area contributed by atoms with E-state index in [2.05, 4.69) is 5.32 Å². The lowest BCUT2D eigenvalue weighted by atomic mass is 9.81. The summed E-state index contributed by atoms with van der Waals surface area (Å²) in [4.78, 5) is 26.3. The Morgan fingerprint density at radius 1 is 1.06 bits per heavy atom. The van der Waals surface area contributed by atoms with Crippen molar-refractivity contribution in [1.82, 2.24) is 10.2 Å². The van der Waals surface area contributed by atoms with E-state index in [1.165, 1.54) is 37.3 Å². The predicted octanol–water partition coefficient (Wildman–Crippen LogP) is 3.14. The van der Waals surface area contributed by atoms with E-state index in [0.29, 0.717) is 22.6 Å². The second-order valence-corrected chi connectivity index (χ2v) is 9.35. The van der Waals surface area contributed by atoms with Gasteiger partial charge in [0.15, 0.2) is 11.5 Å². The molecule has 1 saturated heterocycles. The molecular weight excluding hydrogens is 453 g/mol. The van der Waals surface area contributed by atoms with Crippen LogP contribution in [0.25, 0.3) is 0 Å². The fraction of sp³-hybridized carbons (Fsp3) is 0.417. The maximum atomic E-state index is 14.8. The Balaban J connectivity index is 1.24. The summed E-state index contributed by atoms with van der Waals surface area (Å²) in [5, 5.41) is 2.75. The van der Waals surface area contributed by atoms with Crippen molar-refractivity contribution in [2.24, 2.45) is 5.92 Å². The lowest BCUT2D eigenvalue weighted by molar-refractivity contribution is -0.153. The fourth-order valence-electron chi connectivity index (χ4n) is 5.27. The zero-order valence-corrected chi connectivity index (χ0v) is 18.1. The molecule has 3 atom stereocenters. The Morgan fingerprint density at radius 3 is 2.59 bits per heavy atom. The van der Waals surface area contributed by atoms with Crippen molar-refractivity contribution in [2.75, 3.05) is 19.9 Å². The highest BCUT2D eigenvalue weighted by Gasteiger charge is 2.72. The van der Waals surface area contributed by atoms with Crippen LogP contribution in [-0.4, -0.2) is 48.1 Å². The van der Waals surface area contributed by atoms with Gasteiger partial charge in [0, 0.05) is 25.0 Å². The number of fused-ring (bicyclic) bond motifs is 2. The lowest BCUT2D eigenvalue weighted by Gasteiger charge is -2.53. The normalized spacial score (nSPS) is 26.8. The number of hydrogen-bond acceptors (Lipinski definition) is 5. The van der Waals surface area contributed by atoms with Crippen LogP contribution in [-0.2, 0) is 9.59 Å². The first-order valence-electron chi connectivity index (χ1n) is 11.0. The van der Waals surface area contributed by atoms with Crippen molar-refractivity contribution in [3.63, 3.8) is 0 Å².